The molecule has 0 bridgehead atoms. The van der Waals surface area contributed by atoms with Crippen LogP contribution in [0.4, 0.5) is 5.69 Å². The van der Waals surface area contributed by atoms with Crippen LogP contribution in [0.15, 0.2) is 175 Å². The van der Waals surface area contributed by atoms with E-state index in [-0.39, 0.29) is 9.84 Å². The zero-order valence-corrected chi connectivity index (χ0v) is 31.9. The Bertz CT molecular complexity index is 3370. The SMILES string of the molecule is I[C@@H]1C(n2c3ccccc3c3c4c5ccccc5n(-c5ccccc5)c4ccc32)=Nc2ccccc2C1c1cccc2sc3c4ccccc4ccc3c12. The van der Waals surface area contributed by atoms with E-state index in [1.807, 2.05) is 11.3 Å². The molecule has 12 rings (SSSR count). The van der Waals surface area contributed by atoms with E-state index < -0.39 is 0 Å². The number of para-hydroxylation sites is 4. The summed E-state index contributed by atoms with van der Waals surface area (Å²) in [6.45, 7) is 0. The highest BCUT2D eigenvalue weighted by Gasteiger charge is 2.36. The van der Waals surface area contributed by atoms with E-state index in [0.717, 1.165) is 11.5 Å². The molecule has 1 unspecified atom stereocenters. The van der Waals surface area contributed by atoms with Crippen LogP contribution in [0.2, 0.25) is 0 Å². The zero-order valence-electron chi connectivity index (χ0n) is 28.9. The van der Waals surface area contributed by atoms with Gasteiger partial charge in [0.15, 0.2) is 0 Å². The number of fused-ring (bicyclic) bond motifs is 13. The summed E-state index contributed by atoms with van der Waals surface area (Å²) in [5, 5.41) is 10.4. The second-order valence-electron chi connectivity index (χ2n) is 14.3. The molecule has 0 amide bonds. The topological polar surface area (TPSA) is 22.2 Å². The molecule has 0 N–H and O–H groups in total. The summed E-state index contributed by atoms with van der Waals surface area (Å²) in [5.41, 5.74) is 9.64. The van der Waals surface area contributed by atoms with Crippen LogP contribution in [0.25, 0.3) is 80.2 Å². The summed E-state index contributed by atoms with van der Waals surface area (Å²) in [7, 11) is 0. The number of aliphatic imine (C=N–C) groups is 1. The fourth-order valence-corrected chi connectivity index (χ4v) is 11.8. The summed E-state index contributed by atoms with van der Waals surface area (Å²) >= 11 is 4.62. The molecule has 5 heteroatoms. The largest absolute Gasteiger partial charge is 0.309 e. The van der Waals surface area contributed by atoms with Crippen molar-refractivity contribution in [3.63, 3.8) is 0 Å². The fourth-order valence-electron chi connectivity index (χ4n) is 9.30. The lowest BCUT2D eigenvalue weighted by Gasteiger charge is -2.32. The first kappa shape index (κ1) is 30.7. The first-order valence-electron chi connectivity index (χ1n) is 18.4. The third-order valence-corrected chi connectivity index (χ3v) is 14.0. The number of alkyl halides is 1. The number of rotatable bonds is 2. The number of thiophene rings is 1. The monoisotopic (exact) mass is 819 g/mol. The van der Waals surface area contributed by atoms with E-state index >= 15 is 0 Å². The zero-order chi connectivity index (χ0) is 35.5. The van der Waals surface area contributed by atoms with Gasteiger partial charge in [0, 0.05) is 53.3 Å². The van der Waals surface area contributed by atoms with Crippen LogP contribution < -0.4 is 0 Å². The minimum absolute atomic E-state index is 0.0545. The lowest BCUT2D eigenvalue weighted by atomic mass is 9.83. The molecule has 3 nitrogen and oxygen atoms in total. The van der Waals surface area contributed by atoms with Gasteiger partial charge in [0.1, 0.15) is 5.84 Å². The van der Waals surface area contributed by atoms with Gasteiger partial charge in [0.2, 0.25) is 0 Å². The van der Waals surface area contributed by atoms with Crippen molar-refractivity contribution in [3.8, 4) is 5.69 Å². The van der Waals surface area contributed by atoms with Crippen LogP contribution in [0.5, 0.6) is 0 Å². The maximum atomic E-state index is 5.58. The minimum Gasteiger partial charge on any atom is -0.309 e. The highest BCUT2D eigenvalue weighted by atomic mass is 127. The summed E-state index contributed by atoms with van der Waals surface area (Å²) in [6.07, 6.45) is 0. The van der Waals surface area contributed by atoms with Crippen LogP contribution in [0.3, 0.4) is 0 Å². The molecule has 54 heavy (non-hydrogen) atoms. The Morgan fingerprint density at radius 3 is 1.89 bits per heavy atom. The number of hydrogen-bond acceptors (Lipinski definition) is 2. The van der Waals surface area contributed by atoms with Gasteiger partial charge in [-0.3, -0.25) is 4.57 Å². The van der Waals surface area contributed by atoms with Crippen LogP contribution in [0.1, 0.15) is 17.0 Å². The molecular formula is C49H30IN3S. The molecule has 11 aromatic rings. The van der Waals surface area contributed by atoms with Crippen LogP contribution >= 0.6 is 33.9 Å². The Labute approximate surface area is 328 Å². The fraction of sp³-hybridized carbons (Fsp3) is 0.0408. The molecule has 0 aliphatic carbocycles. The molecule has 3 aromatic heterocycles. The van der Waals surface area contributed by atoms with Gasteiger partial charge >= 0.3 is 0 Å². The minimum atomic E-state index is 0.0545. The number of benzene rings is 8. The van der Waals surface area contributed by atoms with E-state index in [0.29, 0.717) is 0 Å². The van der Waals surface area contributed by atoms with Gasteiger partial charge in [-0.2, -0.15) is 0 Å². The van der Waals surface area contributed by atoms with E-state index in [4.69, 9.17) is 4.99 Å². The maximum absolute atomic E-state index is 5.58. The molecular weight excluding hydrogens is 790 g/mol. The molecule has 0 fully saturated rings. The normalized spacial score (nSPS) is 16.0. The lowest BCUT2D eigenvalue weighted by Crippen LogP contribution is -2.31. The van der Waals surface area contributed by atoms with E-state index in [1.54, 1.807) is 0 Å². The Morgan fingerprint density at radius 1 is 0.463 bits per heavy atom. The van der Waals surface area contributed by atoms with Crippen molar-refractivity contribution in [1.82, 2.24) is 9.13 Å². The Kier molecular flexibility index (Phi) is 6.60. The summed E-state index contributed by atoms with van der Waals surface area (Å²) in [4.78, 5) is 5.58. The van der Waals surface area contributed by atoms with Crippen LogP contribution in [-0.4, -0.2) is 18.9 Å². The average Bonchev–Trinajstić information content (AvgIpc) is 3.89. The number of aromatic nitrogens is 2. The predicted octanol–water partition coefficient (Wildman–Crippen LogP) is 13.9. The summed E-state index contributed by atoms with van der Waals surface area (Å²) < 4.78 is 7.63. The molecule has 8 aromatic carbocycles. The average molecular weight is 820 g/mol. The number of hydrogen-bond donors (Lipinski definition) is 0. The van der Waals surface area contributed by atoms with Crippen LogP contribution in [-0.2, 0) is 0 Å². The van der Waals surface area contributed by atoms with Gasteiger partial charge in [0.25, 0.3) is 0 Å². The standard InChI is InChI=1S/C49H30IN3S/c50-47-44(35-20-12-24-42-43(35)36-26-25-29-13-4-5-16-31(29)48(36)54-42)32-17-6-9-21-37(32)51-49(47)53-39-23-11-8-19-34(39)46-41(53)28-27-40-45(46)33-18-7-10-22-38(33)52(40)30-14-2-1-3-15-30/h1-28,44,47H/t44?,47-/m0/s1. The summed E-state index contributed by atoms with van der Waals surface area (Å²) in [5.74, 6) is 1.17. The van der Waals surface area contributed by atoms with Gasteiger partial charge in [-0.25, -0.2) is 4.99 Å². The third-order valence-electron chi connectivity index (χ3n) is 11.5. The van der Waals surface area contributed by atoms with Crippen molar-refractivity contribution in [3.05, 3.63) is 181 Å². The highest BCUT2D eigenvalue weighted by Crippen LogP contribution is 2.50. The summed E-state index contributed by atoms with van der Waals surface area (Å²) in [6, 6.07) is 62.3. The molecule has 254 valence electrons. The molecule has 0 radical (unpaired) electrons. The molecule has 2 atom stereocenters. The molecule has 1 aliphatic heterocycles. The molecule has 4 heterocycles. The quantitative estimate of drug-likeness (QED) is 0.122. The number of nitrogens with zero attached hydrogens (tertiary/aromatic N) is 3. The lowest BCUT2D eigenvalue weighted by molar-refractivity contribution is 0.863. The van der Waals surface area contributed by atoms with Crippen molar-refractivity contribution in [1.29, 1.82) is 0 Å². The Hall–Kier alpha value is -5.76. The van der Waals surface area contributed by atoms with Crippen molar-refractivity contribution in [2.45, 2.75) is 9.84 Å². The highest BCUT2D eigenvalue weighted by molar-refractivity contribution is 14.1. The third kappa shape index (κ3) is 4.19. The van der Waals surface area contributed by atoms with Crippen molar-refractivity contribution >= 4 is 120 Å². The van der Waals surface area contributed by atoms with Gasteiger partial charge < -0.3 is 4.57 Å². The molecule has 0 spiro atoms. The first-order valence-corrected chi connectivity index (χ1v) is 20.5. The van der Waals surface area contributed by atoms with Crippen molar-refractivity contribution < 1.29 is 0 Å². The number of halogens is 1. The molecule has 1 aliphatic rings. The smallest absolute Gasteiger partial charge is 0.128 e. The van der Waals surface area contributed by atoms with Crippen LogP contribution in [0, 0.1) is 0 Å². The maximum Gasteiger partial charge on any atom is 0.128 e. The van der Waals surface area contributed by atoms with Gasteiger partial charge in [-0.15, -0.1) is 11.3 Å². The van der Waals surface area contributed by atoms with E-state index in [9.17, 15) is 0 Å². The second-order valence-corrected chi connectivity index (χ2v) is 16.7. The van der Waals surface area contributed by atoms with Gasteiger partial charge in [0.05, 0.1) is 31.7 Å². The Balaban J connectivity index is 1.14. The van der Waals surface area contributed by atoms with E-state index in [1.165, 1.54) is 91.4 Å². The molecule has 0 saturated carbocycles. The Morgan fingerprint density at radius 2 is 1.09 bits per heavy atom. The van der Waals surface area contributed by atoms with E-state index in [2.05, 4.69) is 202 Å². The van der Waals surface area contributed by atoms with Gasteiger partial charge in [-0.05, 0) is 70.4 Å². The van der Waals surface area contributed by atoms with Crippen molar-refractivity contribution in [2.24, 2.45) is 4.99 Å². The second kappa shape index (κ2) is 11.6. The predicted molar refractivity (Wildman–Crippen MR) is 239 cm³/mol. The van der Waals surface area contributed by atoms with Gasteiger partial charge in [-0.1, -0.05) is 144 Å². The molecule has 0 saturated heterocycles. The van der Waals surface area contributed by atoms with Crippen molar-refractivity contribution in [2.75, 3.05) is 0 Å². The first-order chi connectivity index (χ1) is 26.7.